The first-order valence-electron chi connectivity index (χ1n) is 4.86. The molecule has 0 radical (unpaired) electrons. The Bertz CT molecular complexity index is 350. The third kappa shape index (κ3) is 4.42. The van der Waals surface area contributed by atoms with Gasteiger partial charge in [-0.25, -0.2) is 8.42 Å². The predicted octanol–water partition coefficient (Wildman–Crippen LogP) is -0.387. The molecule has 86 valence electrons. The van der Waals surface area contributed by atoms with E-state index >= 15 is 0 Å². The standard InChI is InChI=1S/C9H15NO4S/c1-15(13,14)7-4-9(12)10-5-2-8(11)3-6-10/h2-7H2,1H3. The van der Waals surface area contributed by atoms with Crippen molar-refractivity contribution in [2.24, 2.45) is 0 Å². The highest BCUT2D eigenvalue weighted by atomic mass is 32.2. The highest BCUT2D eigenvalue weighted by Gasteiger charge is 2.21. The molecule has 0 aromatic rings. The third-order valence-electron chi connectivity index (χ3n) is 2.36. The number of carbonyl (C=O) groups is 2. The van der Waals surface area contributed by atoms with Crippen LogP contribution in [0.4, 0.5) is 0 Å². The van der Waals surface area contributed by atoms with Crippen molar-refractivity contribution in [1.82, 2.24) is 4.90 Å². The lowest BCUT2D eigenvalue weighted by Crippen LogP contribution is -2.39. The Kier molecular flexibility index (Phi) is 3.84. The van der Waals surface area contributed by atoms with E-state index in [1.165, 1.54) is 0 Å². The first-order valence-corrected chi connectivity index (χ1v) is 6.92. The van der Waals surface area contributed by atoms with Crippen LogP contribution >= 0.6 is 0 Å². The van der Waals surface area contributed by atoms with Crippen LogP contribution in [0.2, 0.25) is 0 Å². The van der Waals surface area contributed by atoms with Crippen LogP contribution in [0, 0.1) is 0 Å². The average molecular weight is 233 g/mol. The molecule has 0 bridgehead atoms. The summed E-state index contributed by atoms with van der Waals surface area (Å²) >= 11 is 0. The van der Waals surface area contributed by atoms with Gasteiger partial charge in [-0.1, -0.05) is 0 Å². The van der Waals surface area contributed by atoms with Gasteiger partial charge in [0.25, 0.3) is 0 Å². The number of carbonyl (C=O) groups excluding carboxylic acids is 2. The van der Waals surface area contributed by atoms with E-state index < -0.39 is 9.84 Å². The van der Waals surface area contributed by atoms with Gasteiger partial charge >= 0.3 is 0 Å². The Labute approximate surface area is 89.4 Å². The largest absolute Gasteiger partial charge is 0.342 e. The van der Waals surface area contributed by atoms with Crippen LogP contribution in [0.1, 0.15) is 19.3 Å². The Balaban J connectivity index is 2.38. The summed E-state index contributed by atoms with van der Waals surface area (Å²) in [5.74, 6) is -0.119. The van der Waals surface area contributed by atoms with Crippen molar-refractivity contribution >= 4 is 21.5 Å². The molecule has 1 fully saturated rings. The van der Waals surface area contributed by atoms with Crippen LogP contribution in [0.15, 0.2) is 0 Å². The average Bonchev–Trinajstić information content (AvgIpc) is 2.14. The fraction of sp³-hybridized carbons (Fsp3) is 0.778. The van der Waals surface area contributed by atoms with E-state index in [2.05, 4.69) is 0 Å². The lowest BCUT2D eigenvalue weighted by molar-refractivity contribution is -0.134. The highest BCUT2D eigenvalue weighted by Crippen LogP contribution is 2.07. The van der Waals surface area contributed by atoms with Crippen LogP contribution in [0.25, 0.3) is 0 Å². The molecular formula is C9H15NO4S. The van der Waals surface area contributed by atoms with Gasteiger partial charge in [0.05, 0.1) is 5.75 Å². The number of piperidine rings is 1. The second-order valence-electron chi connectivity index (χ2n) is 3.80. The first kappa shape index (κ1) is 12.2. The zero-order valence-corrected chi connectivity index (χ0v) is 9.55. The molecule has 0 saturated carbocycles. The van der Waals surface area contributed by atoms with Gasteiger partial charge in [0, 0.05) is 38.6 Å². The molecule has 0 unspecified atom stereocenters. The summed E-state index contributed by atoms with van der Waals surface area (Å²) in [7, 11) is -3.08. The minimum Gasteiger partial charge on any atom is -0.342 e. The number of Topliss-reactive ketones (excluding diaryl/α,β-unsaturated/α-hetero) is 1. The molecule has 1 saturated heterocycles. The number of nitrogens with zero attached hydrogens (tertiary/aromatic N) is 1. The van der Waals surface area contributed by atoms with Crippen molar-refractivity contribution in [1.29, 1.82) is 0 Å². The number of sulfone groups is 1. The Hall–Kier alpha value is -0.910. The molecule has 1 aliphatic rings. The van der Waals surface area contributed by atoms with E-state index in [0.29, 0.717) is 25.9 Å². The lowest BCUT2D eigenvalue weighted by atomic mass is 10.1. The Morgan fingerprint density at radius 1 is 1.33 bits per heavy atom. The van der Waals surface area contributed by atoms with Crippen molar-refractivity contribution in [2.45, 2.75) is 19.3 Å². The predicted molar refractivity (Wildman–Crippen MR) is 55.1 cm³/mol. The van der Waals surface area contributed by atoms with Crippen LogP contribution in [-0.4, -0.2) is 50.1 Å². The SMILES string of the molecule is CS(=O)(=O)CCC(=O)N1CCC(=O)CC1. The first-order chi connectivity index (χ1) is 6.88. The number of likely N-dealkylation sites (tertiary alicyclic amines) is 1. The molecule has 0 aromatic heterocycles. The lowest BCUT2D eigenvalue weighted by Gasteiger charge is -2.25. The number of hydrogen-bond acceptors (Lipinski definition) is 4. The fourth-order valence-electron chi connectivity index (χ4n) is 1.44. The zero-order chi connectivity index (χ0) is 11.5. The summed E-state index contributed by atoms with van der Waals surface area (Å²) in [5.41, 5.74) is 0. The van der Waals surface area contributed by atoms with Gasteiger partial charge in [0.1, 0.15) is 15.6 Å². The number of rotatable bonds is 3. The normalized spacial score (nSPS) is 17.9. The third-order valence-corrected chi connectivity index (χ3v) is 3.31. The second kappa shape index (κ2) is 4.74. The van der Waals surface area contributed by atoms with Crippen LogP contribution in [-0.2, 0) is 19.4 Å². The van der Waals surface area contributed by atoms with Crippen LogP contribution in [0.3, 0.4) is 0 Å². The van der Waals surface area contributed by atoms with Gasteiger partial charge in [-0.05, 0) is 0 Å². The van der Waals surface area contributed by atoms with E-state index in [0.717, 1.165) is 6.26 Å². The number of ketones is 1. The molecule has 1 heterocycles. The highest BCUT2D eigenvalue weighted by molar-refractivity contribution is 7.90. The van der Waals surface area contributed by atoms with Gasteiger partial charge in [0.15, 0.2) is 0 Å². The zero-order valence-electron chi connectivity index (χ0n) is 8.73. The quantitative estimate of drug-likeness (QED) is 0.665. The molecule has 0 aromatic carbocycles. The van der Waals surface area contributed by atoms with Crippen molar-refractivity contribution in [3.05, 3.63) is 0 Å². The van der Waals surface area contributed by atoms with Crippen LogP contribution in [0.5, 0.6) is 0 Å². The number of amides is 1. The van der Waals surface area contributed by atoms with Crippen molar-refractivity contribution in [2.75, 3.05) is 25.1 Å². The summed E-state index contributed by atoms with van der Waals surface area (Å²) < 4.78 is 21.7. The molecule has 0 spiro atoms. The Morgan fingerprint density at radius 2 is 1.87 bits per heavy atom. The maximum atomic E-state index is 11.5. The summed E-state index contributed by atoms with van der Waals surface area (Å²) in [6.45, 7) is 0.864. The van der Waals surface area contributed by atoms with Gasteiger partial charge in [-0.2, -0.15) is 0 Å². The molecular weight excluding hydrogens is 218 g/mol. The van der Waals surface area contributed by atoms with Crippen LogP contribution < -0.4 is 0 Å². The summed E-state index contributed by atoms with van der Waals surface area (Å²) in [4.78, 5) is 24.0. The topological polar surface area (TPSA) is 71.5 Å². The van der Waals surface area contributed by atoms with Crippen molar-refractivity contribution < 1.29 is 18.0 Å². The molecule has 1 rings (SSSR count). The van der Waals surface area contributed by atoms with Crippen molar-refractivity contribution in [3.8, 4) is 0 Å². The molecule has 6 heteroatoms. The molecule has 15 heavy (non-hydrogen) atoms. The Morgan fingerprint density at radius 3 is 2.33 bits per heavy atom. The number of hydrogen-bond donors (Lipinski definition) is 0. The minimum atomic E-state index is -3.08. The molecule has 0 atom stereocenters. The molecule has 1 amide bonds. The summed E-state index contributed by atoms with van der Waals surface area (Å²) in [5, 5.41) is 0. The fourth-order valence-corrected chi connectivity index (χ4v) is 1.98. The maximum Gasteiger partial charge on any atom is 0.223 e. The van der Waals surface area contributed by atoms with E-state index in [1.54, 1.807) is 4.90 Å². The monoisotopic (exact) mass is 233 g/mol. The van der Waals surface area contributed by atoms with Gasteiger partial charge in [-0.15, -0.1) is 0 Å². The second-order valence-corrected chi connectivity index (χ2v) is 6.06. The van der Waals surface area contributed by atoms with E-state index in [-0.39, 0.29) is 23.9 Å². The van der Waals surface area contributed by atoms with E-state index in [4.69, 9.17) is 0 Å². The van der Waals surface area contributed by atoms with Gasteiger partial charge < -0.3 is 4.90 Å². The van der Waals surface area contributed by atoms with E-state index in [9.17, 15) is 18.0 Å². The minimum absolute atomic E-state index is 0.0209. The summed E-state index contributed by atoms with van der Waals surface area (Å²) in [6.07, 6.45) is 1.92. The van der Waals surface area contributed by atoms with Crippen molar-refractivity contribution in [3.63, 3.8) is 0 Å². The van der Waals surface area contributed by atoms with Gasteiger partial charge in [-0.3, -0.25) is 9.59 Å². The molecule has 1 aliphatic heterocycles. The smallest absolute Gasteiger partial charge is 0.223 e. The maximum absolute atomic E-state index is 11.5. The molecule has 0 N–H and O–H groups in total. The van der Waals surface area contributed by atoms with E-state index in [1.807, 2.05) is 0 Å². The molecule has 0 aliphatic carbocycles. The molecule has 5 nitrogen and oxygen atoms in total. The summed E-state index contributed by atoms with van der Waals surface area (Å²) in [6, 6.07) is 0. The van der Waals surface area contributed by atoms with Gasteiger partial charge in [0.2, 0.25) is 5.91 Å².